The standard InChI is InChI=1S/C17H18O4/c1-19-12-6-11-5-4-10-7-15(20-2)16(21-3)9-13(10)17(11)14(18)8-12/h6-9,18H,4-5H2,1-3H3. The molecule has 0 aliphatic heterocycles. The second-order valence-electron chi connectivity index (χ2n) is 5.04. The van der Waals surface area contributed by atoms with E-state index in [1.807, 2.05) is 18.2 Å². The van der Waals surface area contributed by atoms with Crippen molar-refractivity contribution in [3.8, 4) is 34.1 Å². The van der Waals surface area contributed by atoms with Crippen LogP contribution in [-0.2, 0) is 12.8 Å². The zero-order chi connectivity index (χ0) is 15.0. The third kappa shape index (κ3) is 2.17. The van der Waals surface area contributed by atoms with Gasteiger partial charge in [-0.1, -0.05) is 0 Å². The number of methoxy groups -OCH3 is 3. The lowest BCUT2D eigenvalue weighted by Crippen LogP contribution is -2.06. The number of aryl methyl sites for hydroxylation is 2. The van der Waals surface area contributed by atoms with Crippen molar-refractivity contribution in [3.63, 3.8) is 0 Å². The van der Waals surface area contributed by atoms with Gasteiger partial charge in [-0.15, -0.1) is 0 Å². The van der Waals surface area contributed by atoms with Crippen molar-refractivity contribution in [1.82, 2.24) is 0 Å². The molecule has 1 N–H and O–H groups in total. The Labute approximate surface area is 123 Å². The molecule has 0 radical (unpaired) electrons. The molecule has 2 aromatic carbocycles. The number of hydrogen-bond donors (Lipinski definition) is 1. The molecule has 0 amide bonds. The first kappa shape index (κ1) is 13.6. The number of rotatable bonds is 3. The van der Waals surface area contributed by atoms with Gasteiger partial charge in [-0.25, -0.2) is 0 Å². The lowest BCUT2D eigenvalue weighted by molar-refractivity contribution is 0.354. The molecule has 0 aromatic heterocycles. The van der Waals surface area contributed by atoms with Gasteiger partial charge >= 0.3 is 0 Å². The van der Waals surface area contributed by atoms with Crippen LogP contribution < -0.4 is 14.2 Å². The first-order chi connectivity index (χ1) is 10.2. The quantitative estimate of drug-likeness (QED) is 0.941. The van der Waals surface area contributed by atoms with Crippen LogP contribution in [0.3, 0.4) is 0 Å². The highest BCUT2D eigenvalue weighted by molar-refractivity contribution is 5.81. The molecule has 4 nitrogen and oxygen atoms in total. The van der Waals surface area contributed by atoms with Crippen molar-refractivity contribution in [2.75, 3.05) is 21.3 Å². The predicted molar refractivity (Wildman–Crippen MR) is 80.6 cm³/mol. The Bertz CT molecular complexity index is 692. The van der Waals surface area contributed by atoms with Gasteiger partial charge in [0.2, 0.25) is 0 Å². The summed E-state index contributed by atoms with van der Waals surface area (Å²) in [6.07, 6.45) is 1.76. The van der Waals surface area contributed by atoms with Crippen LogP contribution in [0.4, 0.5) is 0 Å². The zero-order valence-electron chi connectivity index (χ0n) is 12.4. The molecule has 110 valence electrons. The van der Waals surface area contributed by atoms with Crippen LogP contribution in [0.5, 0.6) is 23.0 Å². The van der Waals surface area contributed by atoms with Gasteiger partial charge in [-0.3, -0.25) is 0 Å². The van der Waals surface area contributed by atoms with E-state index in [0.717, 1.165) is 35.1 Å². The molecule has 0 atom stereocenters. The van der Waals surface area contributed by atoms with E-state index in [9.17, 15) is 5.11 Å². The van der Waals surface area contributed by atoms with Crippen molar-refractivity contribution in [2.24, 2.45) is 0 Å². The maximum atomic E-state index is 10.4. The van der Waals surface area contributed by atoms with Crippen LogP contribution in [0.2, 0.25) is 0 Å². The number of benzene rings is 2. The summed E-state index contributed by atoms with van der Waals surface area (Å²) in [5.41, 5.74) is 4.10. The highest BCUT2D eigenvalue weighted by atomic mass is 16.5. The summed E-state index contributed by atoms with van der Waals surface area (Å²) in [6.45, 7) is 0. The van der Waals surface area contributed by atoms with Crippen LogP contribution >= 0.6 is 0 Å². The molecule has 0 spiro atoms. The molecule has 0 bridgehead atoms. The summed E-state index contributed by atoms with van der Waals surface area (Å²) >= 11 is 0. The first-order valence-electron chi connectivity index (χ1n) is 6.83. The summed E-state index contributed by atoms with van der Waals surface area (Å²) in [4.78, 5) is 0. The fraction of sp³-hybridized carbons (Fsp3) is 0.294. The Morgan fingerprint density at radius 1 is 0.810 bits per heavy atom. The number of aromatic hydroxyl groups is 1. The summed E-state index contributed by atoms with van der Waals surface area (Å²) in [6, 6.07) is 7.54. The van der Waals surface area contributed by atoms with Gasteiger partial charge in [0, 0.05) is 11.6 Å². The van der Waals surface area contributed by atoms with Gasteiger partial charge in [0.15, 0.2) is 11.5 Å². The second kappa shape index (κ2) is 5.20. The van der Waals surface area contributed by atoms with E-state index < -0.39 is 0 Å². The van der Waals surface area contributed by atoms with Gasteiger partial charge < -0.3 is 19.3 Å². The van der Waals surface area contributed by atoms with Crippen molar-refractivity contribution in [3.05, 3.63) is 35.4 Å². The lowest BCUT2D eigenvalue weighted by Gasteiger charge is -2.23. The van der Waals surface area contributed by atoms with Crippen LogP contribution in [0.25, 0.3) is 11.1 Å². The highest BCUT2D eigenvalue weighted by Gasteiger charge is 2.23. The Morgan fingerprint density at radius 3 is 2.14 bits per heavy atom. The Hall–Kier alpha value is -2.36. The molecule has 1 aliphatic carbocycles. The molecule has 0 saturated heterocycles. The summed E-state index contributed by atoms with van der Waals surface area (Å²) in [5, 5.41) is 10.4. The van der Waals surface area contributed by atoms with Gasteiger partial charge in [-0.2, -0.15) is 0 Å². The first-order valence-corrected chi connectivity index (χ1v) is 6.83. The highest BCUT2D eigenvalue weighted by Crippen LogP contribution is 2.45. The number of phenols is 1. The predicted octanol–water partition coefficient (Wildman–Crippen LogP) is 3.18. The SMILES string of the molecule is COc1cc(O)c2c(c1)CCc1cc(OC)c(OC)cc1-2. The van der Waals surface area contributed by atoms with Gasteiger partial charge in [0.25, 0.3) is 0 Å². The zero-order valence-corrected chi connectivity index (χ0v) is 12.4. The average Bonchev–Trinajstić information content (AvgIpc) is 2.52. The van der Waals surface area contributed by atoms with Crippen LogP contribution in [-0.4, -0.2) is 26.4 Å². The largest absolute Gasteiger partial charge is 0.507 e. The average molecular weight is 286 g/mol. The van der Waals surface area contributed by atoms with E-state index in [4.69, 9.17) is 14.2 Å². The fourth-order valence-electron chi connectivity index (χ4n) is 2.91. The van der Waals surface area contributed by atoms with E-state index in [1.165, 1.54) is 0 Å². The van der Waals surface area contributed by atoms with E-state index >= 15 is 0 Å². The molecule has 3 rings (SSSR count). The Balaban J connectivity index is 2.22. The molecule has 2 aromatic rings. The minimum Gasteiger partial charge on any atom is -0.507 e. The summed E-state index contributed by atoms with van der Waals surface area (Å²) in [5.74, 6) is 2.29. The third-order valence-corrected chi connectivity index (χ3v) is 3.95. The van der Waals surface area contributed by atoms with Crippen LogP contribution in [0.1, 0.15) is 11.1 Å². The minimum atomic E-state index is 0.234. The maximum Gasteiger partial charge on any atom is 0.161 e. The molecule has 0 unspecified atom stereocenters. The Morgan fingerprint density at radius 2 is 1.48 bits per heavy atom. The Kier molecular flexibility index (Phi) is 3.37. The fourth-order valence-corrected chi connectivity index (χ4v) is 2.91. The number of ether oxygens (including phenoxy) is 3. The van der Waals surface area contributed by atoms with Crippen molar-refractivity contribution < 1.29 is 19.3 Å². The van der Waals surface area contributed by atoms with E-state index in [0.29, 0.717) is 17.2 Å². The monoisotopic (exact) mass is 286 g/mol. The van der Waals surface area contributed by atoms with E-state index in [2.05, 4.69) is 0 Å². The summed E-state index contributed by atoms with van der Waals surface area (Å²) in [7, 11) is 4.84. The van der Waals surface area contributed by atoms with Crippen molar-refractivity contribution in [2.45, 2.75) is 12.8 Å². The molecular weight excluding hydrogens is 268 g/mol. The van der Waals surface area contributed by atoms with E-state index in [-0.39, 0.29) is 5.75 Å². The third-order valence-electron chi connectivity index (χ3n) is 3.95. The number of hydrogen-bond acceptors (Lipinski definition) is 4. The normalized spacial score (nSPS) is 12.3. The number of phenolic OH excluding ortho intramolecular Hbond substituents is 1. The molecule has 21 heavy (non-hydrogen) atoms. The lowest BCUT2D eigenvalue weighted by atomic mass is 9.84. The van der Waals surface area contributed by atoms with Crippen LogP contribution in [0.15, 0.2) is 24.3 Å². The van der Waals surface area contributed by atoms with E-state index in [1.54, 1.807) is 27.4 Å². The topological polar surface area (TPSA) is 47.9 Å². The smallest absolute Gasteiger partial charge is 0.161 e. The maximum absolute atomic E-state index is 10.4. The molecule has 0 heterocycles. The summed E-state index contributed by atoms with van der Waals surface area (Å²) < 4.78 is 15.9. The van der Waals surface area contributed by atoms with Crippen LogP contribution in [0, 0.1) is 0 Å². The minimum absolute atomic E-state index is 0.234. The van der Waals surface area contributed by atoms with Crippen molar-refractivity contribution >= 4 is 0 Å². The molecular formula is C17H18O4. The molecule has 0 fully saturated rings. The molecule has 4 heteroatoms. The molecule has 0 saturated carbocycles. The molecule has 1 aliphatic rings. The van der Waals surface area contributed by atoms with Crippen molar-refractivity contribution in [1.29, 1.82) is 0 Å². The van der Waals surface area contributed by atoms with Gasteiger partial charge in [-0.05, 0) is 47.7 Å². The number of fused-ring (bicyclic) bond motifs is 3. The second-order valence-corrected chi connectivity index (χ2v) is 5.04. The van der Waals surface area contributed by atoms with Gasteiger partial charge in [0.1, 0.15) is 11.5 Å². The van der Waals surface area contributed by atoms with Gasteiger partial charge in [0.05, 0.1) is 21.3 Å².